The average molecular weight is 269 g/mol. The number of carbonyl (C=O) groups is 2. The van der Waals surface area contributed by atoms with Gasteiger partial charge in [0.15, 0.2) is 0 Å². The monoisotopic (exact) mass is 269 g/mol. The Bertz CT molecular complexity index is 152. The van der Waals surface area contributed by atoms with Crippen LogP contribution in [0.25, 0.3) is 0 Å². The fourth-order valence-electron chi connectivity index (χ4n) is 0.391. The first-order chi connectivity index (χ1) is 4.54. The molecule has 0 radical (unpaired) electrons. The second-order valence-electron chi connectivity index (χ2n) is 1.84. The fraction of sp³-hybridized carbons (Fsp3) is 0.600. The molecule has 0 fully saturated rings. The number of carboxylic acid groups (broad SMARTS) is 2. The van der Waals surface area contributed by atoms with Gasteiger partial charge in [0.25, 0.3) is 0 Å². The minimum atomic E-state index is -1.44. The molecule has 0 amide bonds. The zero-order valence-electron chi connectivity index (χ0n) is 6.91. The van der Waals surface area contributed by atoms with Gasteiger partial charge in [0.2, 0.25) is 0 Å². The maximum absolute atomic E-state index is 9.86. The van der Waals surface area contributed by atoms with Crippen molar-refractivity contribution in [3.8, 4) is 0 Å². The van der Waals surface area contributed by atoms with E-state index in [-0.39, 0.29) is 69.3 Å². The molecule has 13 heavy (non-hydrogen) atoms. The summed E-state index contributed by atoms with van der Waals surface area (Å²) in [6.07, 6.45) is -0.500. The van der Waals surface area contributed by atoms with Crippen LogP contribution in [0, 0.1) is 0 Å². The van der Waals surface area contributed by atoms with E-state index < -0.39 is 18.0 Å². The predicted octanol–water partition coefficient (Wildman–Crippen LogP) is -5.44. The van der Waals surface area contributed by atoms with Gasteiger partial charge in [0.1, 0.15) is 0 Å². The molecule has 0 aliphatic rings. The van der Waals surface area contributed by atoms with Crippen molar-refractivity contribution in [2.45, 2.75) is 18.9 Å². The van der Waals surface area contributed by atoms with E-state index in [0.717, 1.165) is 0 Å². The molecule has 7 nitrogen and oxygen atoms in total. The molecule has 74 valence electrons. The van der Waals surface area contributed by atoms with Gasteiger partial charge in [-0.1, -0.05) is 0 Å². The van der Waals surface area contributed by atoms with Crippen molar-refractivity contribution in [3.63, 3.8) is 0 Å². The standard InChI is InChI=1S/C5H9NO4.2H2O.Sr/c6-3(5(9)10)1-2-4(7)8;;;/h3H,1-2,6H2,(H,7,8)(H,9,10);2*1H2;/q;;;+2/p-2. The quantitative estimate of drug-likeness (QED) is 0.501. The molecule has 0 bridgehead atoms. The van der Waals surface area contributed by atoms with Crippen LogP contribution in [0.1, 0.15) is 12.8 Å². The Hall–Kier alpha value is 0.301. The molecule has 0 aliphatic heterocycles. The van der Waals surface area contributed by atoms with Gasteiger partial charge < -0.3 is 36.5 Å². The van der Waals surface area contributed by atoms with Gasteiger partial charge in [0.05, 0.1) is 5.97 Å². The normalized spacial score (nSPS) is 9.62. The van der Waals surface area contributed by atoms with E-state index in [0.29, 0.717) is 0 Å². The summed E-state index contributed by atoms with van der Waals surface area (Å²) in [5, 5.41) is 19.6. The molecule has 0 heterocycles. The average Bonchev–Trinajstić information content (AvgIpc) is 1.82. The molecule has 0 aromatic rings. The zero-order valence-corrected chi connectivity index (χ0v) is 10.4. The van der Waals surface area contributed by atoms with Crippen molar-refractivity contribution >= 4 is 57.4 Å². The Balaban J connectivity index is -0.000000135. The zero-order chi connectivity index (χ0) is 8.15. The van der Waals surface area contributed by atoms with Crippen molar-refractivity contribution in [2.75, 3.05) is 0 Å². The Morgan fingerprint density at radius 3 is 1.85 bits per heavy atom. The minimum Gasteiger partial charge on any atom is -0.550 e. The smallest absolute Gasteiger partial charge is 0.550 e. The van der Waals surface area contributed by atoms with Crippen LogP contribution in [0.4, 0.5) is 0 Å². The van der Waals surface area contributed by atoms with Crippen LogP contribution in [0.5, 0.6) is 0 Å². The summed E-state index contributed by atoms with van der Waals surface area (Å²) < 4.78 is 0. The minimum absolute atomic E-state index is 0. The molecule has 0 aromatic heterocycles. The summed E-state index contributed by atoms with van der Waals surface area (Å²) in [6, 6.07) is -1.21. The summed E-state index contributed by atoms with van der Waals surface area (Å²) >= 11 is 0. The number of carbonyl (C=O) groups excluding carboxylic acids is 2. The van der Waals surface area contributed by atoms with Gasteiger partial charge in [-0.05, 0) is 12.8 Å². The SMILES string of the molecule is NC(CCC(=O)[O-])C(=O)[O-].O.O.[Sr+2]. The summed E-state index contributed by atoms with van der Waals surface area (Å²) in [4.78, 5) is 19.6. The van der Waals surface area contributed by atoms with Gasteiger partial charge in [-0.3, -0.25) is 0 Å². The first kappa shape index (κ1) is 23.3. The second-order valence-corrected chi connectivity index (χ2v) is 1.84. The van der Waals surface area contributed by atoms with Crippen molar-refractivity contribution in [3.05, 3.63) is 0 Å². The third kappa shape index (κ3) is 15.1. The van der Waals surface area contributed by atoms with Crippen molar-refractivity contribution in [1.29, 1.82) is 0 Å². The number of hydrogen-bond acceptors (Lipinski definition) is 5. The molecule has 0 saturated carbocycles. The maximum atomic E-state index is 9.86. The fourth-order valence-corrected chi connectivity index (χ4v) is 0.391. The van der Waals surface area contributed by atoms with Crippen molar-refractivity contribution < 1.29 is 30.8 Å². The summed E-state index contributed by atoms with van der Waals surface area (Å²) in [5.74, 6) is -2.75. The van der Waals surface area contributed by atoms with Gasteiger partial charge in [-0.25, -0.2) is 0 Å². The van der Waals surface area contributed by atoms with Crippen LogP contribution < -0.4 is 15.9 Å². The molecule has 0 rings (SSSR count). The van der Waals surface area contributed by atoms with E-state index in [1.807, 2.05) is 0 Å². The van der Waals surface area contributed by atoms with Crippen LogP contribution in [-0.2, 0) is 9.59 Å². The molecule has 0 saturated heterocycles. The molecular formula is C5H11NO6Sr. The van der Waals surface area contributed by atoms with E-state index >= 15 is 0 Å². The third-order valence-corrected chi connectivity index (χ3v) is 0.962. The van der Waals surface area contributed by atoms with E-state index in [1.54, 1.807) is 0 Å². The Kier molecular flexibility index (Phi) is 22.0. The molecule has 0 spiro atoms. The van der Waals surface area contributed by atoms with Crippen molar-refractivity contribution in [1.82, 2.24) is 0 Å². The van der Waals surface area contributed by atoms with Crippen LogP contribution in [0.3, 0.4) is 0 Å². The summed E-state index contributed by atoms with van der Waals surface area (Å²) in [7, 11) is 0. The third-order valence-electron chi connectivity index (χ3n) is 0.962. The molecule has 6 N–H and O–H groups in total. The largest absolute Gasteiger partial charge is 2.00 e. The first-order valence-corrected chi connectivity index (χ1v) is 2.70. The molecule has 8 heteroatoms. The van der Waals surface area contributed by atoms with Crippen LogP contribution >= 0.6 is 0 Å². The molecule has 1 atom stereocenters. The number of nitrogens with two attached hydrogens (primary N) is 1. The number of carboxylic acids is 2. The van der Waals surface area contributed by atoms with Crippen LogP contribution in [-0.4, -0.2) is 74.4 Å². The van der Waals surface area contributed by atoms with E-state index in [1.165, 1.54) is 0 Å². The van der Waals surface area contributed by atoms with Gasteiger partial charge in [-0.15, -0.1) is 0 Å². The molecule has 0 aliphatic carbocycles. The van der Waals surface area contributed by atoms with Gasteiger partial charge in [0, 0.05) is 12.0 Å². The van der Waals surface area contributed by atoms with Crippen LogP contribution in [0.2, 0.25) is 0 Å². The number of rotatable bonds is 4. The first-order valence-electron chi connectivity index (χ1n) is 2.70. The van der Waals surface area contributed by atoms with Crippen LogP contribution in [0.15, 0.2) is 0 Å². The Labute approximate surface area is 112 Å². The maximum Gasteiger partial charge on any atom is 2.00 e. The van der Waals surface area contributed by atoms with E-state index in [4.69, 9.17) is 5.73 Å². The number of hydrogen-bond donors (Lipinski definition) is 1. The molecule has 0 aromatic carbocycles. The second kappa shape index (κ2) is 12.3. The summed E-state index contributed by atoms with van der Waals surface area (Å²) in [6.45, 7) is 0. The van der Waals surface area contributed by atoms with Crippen molar-refractivity contribution in [2.24, 2.45) is 5.73 Å². The Morgan fingerprint density at radius 1 is 1.23 bits per heavy atom. The van der Waals surface area contributed by atoms with Gasteiger partial charge in [-0.2, -0.15) is 0 Å². The predicted molar refractivity (Wildman–Crippen MR) is 40.2 cm³/mol. The van der Waals surface area contributed by atoms with E-state index in [2.05, 4.69) is 0 Å². The summed E-state index contributed by atoms with van der Waals surface area (Å²) in [5.41, 5.74) is 4.91. The van der Waals surface area contributed by atoms with Gasteiger partial charge >= 0.3 is 45.5 Å². The molecular weight excluding hydrogens is 258 g/mol. The van der Waals surface area contributed by atoms with E-state index in [9.17, 15) is 19.8 Å². The molecule has 1 unspecified atom stereocenters. The topological polar surface area (TPSA) is 169 Å². The number of aliphatic carboxylic acids is 2. The Morgan fingerprint density at radius 2 is 1.62 bits per heavy atom.